The van der Waals surface area contributed by atoms with Crippen LogP contribution in [0.1, 0.15) is 19.8 Å². The van der Waals surface area contributed by atoms with Gasteiger partial charge in [-0.1, -0.05) is 41.7 Å². The predicted octanol–water partition coefficient (Wildman–Crippen LogP) is 4.75. The van der Waals surface area contributed by atoms with Gasteiger partial charge in [0.05, 0.1) is 26.7 Å². The van der Waals surface area contributed by atoms with Gasteiger partial charge in [0.2, 0.25) is 21.4 Å². The summed E-state index contributed by atoms with van der Waals surface area (Å²) in [6.45, 7) is 1.88. The van der Waals surface area contributed by atoms with Crippen LogP contribution in [-0.2, 0) is 4.79 Å². The summed E-state index contributed by atoms with van der Waals surface area (Å²) < 4.78 is 14.4. The smallest absolute Gasteiger partial charge is 0.228 e. The molecule has 184 valence electrons. The zero-order chi connectivity index (χ0) is 24.9. The summed E-state index contributed by atoms with van der Waals surface area (Å²) in [4.78, 5) is 24.1. The van der Waals surface area contributed by atoms with Crippen molar-refractivity contribution in [2.45, 2.75) is 29.7 Å². The number of halogens is 3. The van der Waals surface area contributed by atoms with Crippen LogP contribution in [0.5, 0.6) is 17.2 Å². The molecule has 0 aliphatic heterocycles. The number of alkyl halides is 3. The van der Waals surface area contributed by atoms with Crippen molar-refractivity contribution in [1.29, 1.82) is 0 Å². The van der Waals surface area contributed by atoms with Gasteiger partial charge in [0.25, 0.3) is 0 Å². The second-order valence-corrected chi connectivity index (χ2v) is 9.48. The molecule has 0 bridgehead atoms. The van der Waals surface area contributed by atoms with Gasteiger partial charge >= 0.3 is 0 Å². The molecule has 34 heavy (non-hydrogen) atoms. The number of aromatic amines is 1. The SMILES string of the molecule is CCCC(=O)NC(Nc1nc(Nc2cc(OC)c(OC)c(OC)c2)c2cc[nH]c2n1)C(Cl)(Cl)Cl. The molecule has 3 rings (SSSR count). The average molecular weight is 532 g/mol. The molecule has 0 radical (unpaired) electrons. The van der Waals surface area contributed by atoms with Gasteiger partial charge in [-0.2, -0.15) is 9.97 Å². The molecular formula is C21H25Cl3N6O4. The van der Waals surface area contributed by atoms with Gasteiger partial charge in [-0.15, -0.1) is 0 Å². The molecule has 0 saturated heterocycles. The van der Waals surface area contributed by atoms with Gasteiger partial charge in [-0.25, -0.2) is 0 Å². The predicted molar refractivity (Wildman–Crippen MR) is 134 cm³/mol. The normalized spacial score (nSPS) is 12.2. The van der Waals surface area contributed by atoms with Crippen molar-refractivity contribution in [2.75, 3.05) is 32.0 Å². The third kappa shape index (κ3) is 5.99. The van der Waals surface area contributed by atoms with Crippen molar-refractivity contribution in [1.82, 2.24) is 20.3 Å². The summed E-state index contributed by atoms with van der Waals surface area (Å²) in [5, 5.41) is 9.50. The number of benzene rings is 1. The second kappa shape index (κ2) is 11.1. The summed E-state index contributed by atoms with van der Waals surface area (Å²) in [6, 6.07) is 5.29. The van der Waals surface area contributed by atoms with Crippen LogP contribution >= 0.6 is 34.8 Å². The Kier molecular flexibility index (Phi) is 8.40. The maximum absolute atomic E-state index is 12.1. The molecule has 2 heterocycles. The fourth-order valence-electron chi connectivity index (χ4n) is 3.18. The van der Waals surface area contributed by atoms with Crippen LogP contribution < -0.4 is 30.2 Å². The van der Waals surface area contributed by atoms with E-state index in [2.05, 4.69) is 30.9 Å². The van der Waals surface area contributed by atoms with Crippen molar-refractivity contribution in [3.63, 3.8) is 0 Å². The molecule has 2 aromatic heterocycles. The first kappa shape index (κ1) is 25.8. The highest BCUT2D eigenvalue weighted by atomic mass is 35.6. The molecule has 0 spiro atoms. The van der Waals surface area contributed by atoms with Gasteiger partial charge in [0.15, 0.2) is 11.5 Å². The summed E-state index contributed by atoms with van der Waals surface area (Å²) in [6.07, 6.45) is 1.58. The number of nitrogens with zero attached hydrogens (tertiary/aromatic N) is 2. The Morgan fingerprint density at radius 1 is 1.12 bits per heavy atom. The summed E-state index contributed by atoms with van der Waals surface area (Å²) in [7, 11) is 4.59. The topological polar surface area (TPSA) is 122 Å². The fraction of sp³-hybridized carbons (Fsp3) is 0.381. The van der Waals surface area contributed by atoms with Crippen LogP contribution in [0.2, 0.25) is 0 Å². The van der Waals surface area contributed by atoms with Crippen molar-refractivity contribution < 1.29 is 19.0 Å². The molecule has 1 amide bonds. The van der Waals surface area contributed by atoms with E-state index in [9.17, 15) is 4.79 Å². The number of fused-ring (bicyclic) bond motifs is 1. The molecule has 0 fully saturated rings. The minimum Gasteiger partial charge on any atom is -0.493 e. The molecule has 10 nitrogen and oxygen atoms in total. The number of hydrogen-bond acceptors (Lipinski definition) is 8. The Bertz CT molecular complexity index is 1130. The van der Waals surface area contributed by atoms with Crippen molar-refractivity contribution in [2.24, 2.45) is 0 Å². The van der Waals surface area contributed by atoms with Crippen LogP contribution in [0, 0.1) is 0 Å². The standard InChI is InChI=1S/C21H25Cl3N6O4/c1-5-6-15(31)27-19(21(22,23)24)30-20-28-17-12(7-8-25-17)18(29-20)26-11-9-13(32-2)16(34-4)14(10-11)33-3/h7-10,19H,5-6H2,1-4H3,(H,27,31)(H3,25,26,28,29,30). The van der Waals surface area contributed by atoms with Crippen molar-refractivity contribution in [3.05, 3.63) is 24.4 Å². The number of hydrogen-bond donors (Lipinski definition) is 4. The van der Waals surface area contributed by atoms with E-state index < -0.39 is 9.96 Å². The first-order valence-corrected chi connectivity index (χ1v) is 11.4. The van der Waals surface area contributed by atoms with Crippen LogP contribution in [0.15, 0.2) is 24.4 Å². The first-order chi connectivity index (χ1) is 16.2. The Morgan fingerprint density at radius 3 is 2.35 bits per heavy atom. The van der Waals surface area contributed by atoms with Gasteiger partial charge in [0.1, 0.15) is 17.6 Å². The number of ether oxygens (including phenoxy) is 3. The third-order valence-corrected chi connectivity index (χ3v) is 5.38. The van der Waals surface area contributed by atoms with E-state index in [1.165, 1.54) is 21.3 Å². The zero-order valence-corrected chi connectivity index (χ0v) is 21.2. The monoisotopic (exact) mass is 530 g/mol. The second-order valence-electron chi connectivity index (χ2n) is 7.11. The maximum Gasteiger partial charge on any atom is 0.228 e. The molecule has 0 aliphatic rings. The molecule has 3 aromatic rings. The lowest BCUT2D eigenvalue weighted by Crippen LogP contribution is -2.49. The lowest BCUT2D eigenvalue weighted by atomic mass is 10.2. The lowest BCUT2D eigenvalue weighted by molar-refractivity contribution is -0.121. The molecule has 0 saturated carbocycles. The van der Waals surface area contributed by atoms with E-state index in [1.54, 1.807) is 18.3 Å². The highest BCUT2D eigenvalue weighted by Crippen LogP contribution is 2.41. The third-order valence-electron chi connectivity index (χ3n) is 4.73. The highest BCUT2D eigenvalue weighted by Gasteiger charge is 2.34. The van der Waals surface area contributed by atoms with Gasteiger partial charge in [-0.3, -0.25) is 4.79 Å². The van der Waals surface area contributed by atoms with Gasteiger partial charge in [-0.05, 0) is 12.5 Å². The Hall–Kier alpha value is -2.82. The fourth-order valence-corrected chi connectivity index (χ4v) is 3.51. The lowest BCUT2D eigenvalue weighted by Gasteiger charge is -2.26. The number of amides is 1. The first-order valence-electron chi connectivity index (χ1n) is 10.2. The van der Waals surface area contributed by atoms with Gasteiger partial charge in [0, 0.05) is 30.4 Å². The number of nitrogens with one attached hydrogen (secondary N) is 4. The number of rotatable bonds is 10. The van der Waals surface area contributed by atoms with Crippen LogP contribution in [-0.4, -0.2) is 52.1 Å². The molecule has 1 atom stereocenters. The van der Waals surface area contributed by atoms with Crippen molar-refractivity contribution in [3.8, 4) is 17.2 Å². The largest absolute Gasteiger partial charge is 0.493 e. The van der Waals surface area contributed by atoms with E-state index in [1.807, 2.05) is 13.0 Å². The summed E-state index contributed by atoms with van der Waals surface area (Å²) in [5.74, 6) is 1.70. The number of H-pyrrole nitrogens is 1. The summed E-state index contributed by atoms with van der Waals surface area (Å²) in [5.41, 5.74) is 1.14. The highest BCUT2D eigenvalue weighted by molar-refractivity contribution is 6.68. The summed E-state index contributed by atoms with van der Waals surface area (Å²) >= 11 is 18.3. The minimum atomic E-state index is -1.86. The number of aromatic nitrogens is 3. The van der Waals surface area contributed by atoms with E-state index in [4.69, 9.17) is 49.0 Å². The molecule has 13 heteroatoms. The minimum absolute atomic E-state index is 0.123. The van der Waals surface area contributed by atoms with Crippen LogP contribution in [0.4, 0.5) is 17.5 Å². The van der Waals surface area contributed by atoms with E-state index in [0.29, 0.717) is 46.2 Å². The number of anilines is 3. The van der Waals surface area contributed by atoms with Crippen LogP contribution in [0.25, 0.3) is 11.0 Å². The molecule has 1 unspecified atom stereocenters. The number of carbonyl (C=O) groups is 1. The van der Waals surface area contributed by atoms with Crippen LogP contribution in [0.3, 0.4) is 0 Å². The Labute approximate surface area is 211 Å². The number of carbonyl (C=O) groups excluding carboxylic acids is 1. The quantitative estimate of drug-likeness (QED) is 0.218. The Morgan fingerprint density at radius 2 is 1.79 bits per heavy atom. The number of methoxy groups -OCH3 is 3. The molecule has 0 aliphatic carbocycles. The maximum atomic E-state index is 12.1. The zero-order valence-electron chi connectivity index (χ0n) is 19.0. The van der Waals surface area contributed by atoms with E-state index in [0.717, 1.165) is 0 Å². The average Bonchev–Trinajstić information content (AvgIpc) is 3.26. The van der Waals surface area contributed by atoms with E-state index >= 15 is 0 Å². The molecule has 4 N–H and O–H groups in total. The van der Waals surface area contributed by atoms with Gasteiger partial charge < -0.3 is 35.1 Å². The van der Waals surface area contributed by atoms with E-state index in [-0.39, 0.29) is 18.3 Å². The molecular weight excluding hydrogens is 507 g/mol. The molecule has 1 aromatic carbocycles. The van der Waals surface area contributed by atoms with Crippen molar-refractivity contribution >= 4 is 69.2 Å². The Balaban J connectivity index is 1.97.